The number of hydrogen-bond acceptors (Lipinski definition) is 4. The number of carbonyl (C=O) groups is 2. The average molecular weight is 567 g/mol. The van der Waals surface area contributed by atoms with Gasteiger partial charge in [-0.25, -0.2) is 0 Å². The Balaban J connectivity index is 1.30. The molecule has 1 aliphatic heterocycles. The summed E-state index contributed by atoms with van der Waals surface area (Å²) >= 11 is 0. The Hall–Kier alpha value is -1.78. The molecule has 230 valence electrons. The molecule has 0 aromatic heterocycles. The molecule has 3 aliphatic rings. The molecule has 3 unspecified atom stereocenters. The molecule has 1 heterocycles. The maximum Gasteiger partial charge on any atom is 0.178 e. The van der Waals surface area contributed by atoms with E-state index in [4.69, 9.17) is 9.47 Å². The van der Waals surface area contributed by atoms with E-state index in [-0.39, 0.29) is 29.4 Å². The molecule has 0 aromatic rings. The second kappa shape index (κ2) is 18.0. The van der Waals surface area contributed by atoms with Crippen LogP contribution in [-0.4, -0.2) is 35.0 Å². The first-order chi connectivity index (χ1) is 19.8. The highest BCUT2D eigenvalue weighted by molar-refractivity contribution is 6.01. The van der Waals surface area contributed by atoms with Gasteiger partial charge in [0.15, 0.2) is 11.6 Å². The van der Waals surface area contributed by atoms with Gasteiger partial charge in [0, 0.05) is 0 Å². The SMILES string of the molecule is CCCCCCCCCCCCCC(C)OC1(CCC(C)CCCC2CCC3(C=CC(=O)C=C3)O2)C=CC(=O)C=C1. The van der Waals surface area contributed by atoms with Gasteiger partial charge in [-0.05, 0) is 100.0 Å². The number of carbonyl (C=O) groups excluding carboxylic acids is 2. The number of ether oxygens (including phenoxy) is 2. The molecule has 0 N–H and O–H groups in total. The molecule has 4 heteroatoms. The highest BCUT2D eigenvalue weighted by atomic mass is 16.5. The molecule has 0 saturated carbocycles. The van der Waals surface area contributed by atoms with E-state index in [1.54, 1.807) is 24.3 Å². The molecule has 0 radical (unpaired) electrons. The van der Waals surface area contributed by atoms with Gasteiger partial charge in [0.1, 0.15) is 11.2 Å². The third kappa shape index (κ3) is 12.5. The van der Waals surface area contributed by atoms with E-state index in [1.165, 1.54) is 70.6 Å². The van der Waals surface area contributed by atoms with Crippen LogP contribution in [0.15, 0.2) is 48.6 Å². The van der Waals surface area contributed by atoms with E-state index in [9.17, 15) is 9.59 Å². The fourth-order valence-corrected chi connectivity index (χ4v) is 6.52. The van der Waals surface area contributed by atoms with Gasteiger partial charge in [-0.15, -0.1) is 0 Å². The topological polar surface area (TPSA) is 52.6 Å². The Bertz CT molecular complexity index is 878. The monoisotopic (exact) mass is 566 g/mol. The lowest BCUT2D eigenvalue weighted by molar-refractivity contribution is -0.111. The van der Waals surface area contributed by atoms with Crippen molar-refractivity contribution in [3.63, 3.8) is 0 Å². The molecule has 4 nitrogen and oxygen atoms in total. The first-order valence-electron chi connectivity index (χ1n) is 17.0. The normalized spacial score (nSPS) is 22.2. The third-order valence-corrected chi connectivity index (χ3v) is 9.25. The minimum absolute atomic E-state index is 0.0498. The zero-order chi connectivity index (χ0) is 29.4. The number of ketones is 2. The molecule has 3 atom stereocenters. The van der Waals surface area contributed by atoms with Crippen LogP contribution < -0.4 is 0 Å². The van der Waals surface area contributed by atoms with Gasteiger partial charge < -0.3 is 9.47 Å². The van der Waals surface area contributed by atoms with E-state index >= 15 is 0 Å². The van der Waals surface area contributed by atoms with E-state index < -0.39 is 5.60 Å². The van der Waals surface area contributed by atoms with Gasteiger partial charge in [-0.1, -0.05) is 97.3 Å². The lowest BCUT2D eigenvalue weighted by Gasteiger charge is -2.33. The summed E-state index contributed by atoms with van der Waals surface area (Å²) in [6.07, 6.45) is 38.3. The molecule has 1 fully saturated rings. The van der Waals surface area contributed by atoms with Crippen LogP contribution in [0.5, 0.6) is 0 Å². The molecule has 2 aliphatic carbocycles. The molecule has 0 amide bonds. The Labute approximate surface area is 251 Å². The fraction of sp³-hybridized carbons (Fsp3) is 0.730. The lowest BCUT2D eigenvalue weighted by Crippen LogP contribution is -2.34. The summed E-state index contributed by atoms with van der Waals surface area (Å²) in [7, 11) is 0. The van der Waals surface area contributed by atoms with Gasteiger partial charge in [0.2, 0.25) is 0 Å². The molecule has 1 spiro atoms. The Kier molecular flexibility index (Phi) is 14.8. The van der Waals surface area contributed by atoms with Gasteiger partial charge >= 0.3 is 0 Å². The highest BCUT2D eigenvalue weighted by Crippen LogP contribution is 2.37. The van der Waals surface area contributed by atoms with Crippen molar-refractivity contribution >= 4 is 11.6 Å². The van der Waals surface area contributed by atoms with Gasteiger partial charge in [-0.3, -0.25) is 9.59 Å². The van der Waals surface area contributed by atoms with Crippen LogP contribution in [0.1, 0.15) is 143 Å². The van der Waals surface area contributed by atoms with Crippen molar-refractivity contribution in [2.75, 3.05) is 0 Å². The van der Waals surface area contributed by atoms with Crippen LogP contribution in [0.4, 0.5) is 0 Å². The first kappa shape index (κ1) is 33.7. The first-order valence-corrected chi connectivity index (χ1v) is 17.0. The molecule has 41 heavy (non-hydrogen) atoms. The number of rotatable bonds is 21. The summed E-state index contributed by atoms with van der Waals surface area (Å²) in [6, 6.07) is 0. The summed E-state index contributed by atoms with van der Waals surface area (Å²) in [5, 5.41) is 0. The third-order valence-electron chi connectivity index (χ3n) is 9.25. The van der Waals surface area contributed by atoms with Crippen LogP contribution in [-0.2, 0) is 19.1 Å². The van der Waals surface area contributed by atoms with Crippen molar-refractivity contribution in [1.29, 1.82) is 0 Å². The second-order valence-corrected chi connectivity index (χ2v) is 13.2. The van der Waals surface area contributed by atoms with Gasteiger partial charge in [0.05, 0.1) is 12.2 Å². The number of hydrogen-bond donors (Lipinski definition) is 0. The van der Waals surface area contributed by atoms with E-state index in [2.05, 4.69) is 20.8 Å². The second-order valence-electron chi connectivity index (χ2n) is 13.2. The Morgan fingerprint density at radius 3 is 1.93 bits per heavy atom. The fourth-order valence-electron chi connectivity index (χ4n) is 6.52. The largest absolute Gasteiger partial charge is 0.364 e. The van der Waals surface area contributed by atoms with Crippen LogP contribution in [0.25, 0.3) is 0 Å². The maximum absolute atomic E-state index is 11.9. The quantitative estimate of drug-likeness (QED) is 0.130. The van der Waals surface area contributed by atoms with Crippen molar-refractivity contribution in [1.82, 2.24) is 0 Å². The minimum Gasteiger partial charge on any atom is -0.364 e. The molecular formula is C37H58O4. The summed E-state index contributed by atoms with van der Waals surface area (Å²) in [5.41, 5.74) is -0.813. The minimum atomic E-state index is -0.461. The molecule has 1 saturated heterocycles. The van der Waals surface area contributed by atoms with Crippen molar-refractivity contribution in [2.45, 2.75) is 166 Å². The van der Waals surface area contributed by atoms with E-state index in [0.29, 0.717) is 5.92 Å². The lowest BCUT2D eigenvalue weighted by atomic mass is 9.87. The predicted octanol–water partition coefficient (Wildman–Crippen LogP) is 9.73. The van der Waals surface area contributed by atoms with Crippen molar-refractivity contribution in [3.8, 4) is 0 Å². The zero-order valence-corrected chi connectivity index (χ0v) is 26.4. The van der Waals surface area contributed by atoms with Crippen LogP contribution >= 0.6 is 0 Å². The molecule has 0 bridgehead atoms. The van der Waals surface area contributed by atoms with Crippen LogP contribution in [0.3, 0.4) is 0 Å². The highest BCUT2D eigenvalue weighted by Gasteiger charge is 2.37. The molecule has 0 aromatic carbocycles. The zero-order valence-electron chi connectivity index (χ0n) is 26.4. The smallest absolute Gasteiger partial charge is 0.178 e. The van der Waals surface area contributed by atoms with E-state index in [0.717, 1.165) is 51.4 Å². The maximum atomic E-state index is 11.9. The van der Waals surface area contributed by atoms with Crippen molar-refractivity contribution in [2.24, 2.45) is 5.92 Å². The van der Waals surface area contributed by atoms with Crippen molar-refractivity contribution < 1.29 is 19.1 Å². The Morgan fingerprint density at radius 2 is 1.32 bits per heavy atom. The van der Waals surface area contributed by atoms with Crippen LogP contribution in [0, 0.1) is 5.92 Å². The summed E-state index contributed by atoms with van der Waals surface area (Å²) in [5.74, 6) is 0.685. The van der Waals surface area contributed by atoms with Crippen molar-refractivity contribution in [3.05, 3.63) is 48.6 Å². The van der Waals surface area contributed by atoms with E-state index in [1.807, 2.05) is 24.3 Å². The molecular weight excluding hydrogens is 508 g/mol. The number of unbranched alkanes of at least 4 members (excludes halogenated alkanes) is 10. The summed E-state index contributed by atoms with van der Waals surface area (Å²) < 4.78 is 13.0. The van der Waals surface area contributed by atoms with Gasteiger partial charge in [0.25, 0.3) is 0 Å². The average Bonchev–Trinajstić information content (AvgIpc) is 3.36. The Morgan fingerprint density at radius 1 is 0.756 bits per heavy atom. The molecule has 3 rings (SSSR count). The summed E-state index contributed by atoms with van der Waals surface area (Å²) in [4.78, 5) is 23.4. The van der Waals surface area contributed by atoms with Crippen LogP contribution in [0.2, 0.25) is 0 Å². The standard InChI is InChI=1S/C37H58O4/c1-4-5-6-7-8-9-10-11-12-13-14-17-32(3)40-36(26-20-33(38)21-27-36)25-19-31(2)16-15-18-35-24-30-37(41-35)28-22-34(39)23-29-37/h20-23,26-29,31-32,35H,4-19,24-25,30H2,1-3H3. The van der Waals surface area contributed by atoms with Gasteiger partial charge in [-0.2, -0.15) is 0 Å². The summed E-state index contributed by atoms with van der Waals surface area (Å²) in [6.45, 7) is 6.81. The predicted molar refractivity (Wildman–Crippen MR) is 170 cm³/mol. The number of allylic oxidation sites excluding steroid dienone is 4.